The summed E-state index contributed by atoms with van der Waals surface area (Å²) in [5, 5.41) is 3.00. The Morgan fingerprint density at radius 1 is 0.480 bits per heavy atom. The van der Waals surface area contributed by atoms with Gasteiger partial charge >= 0.3 is 5.97 Å². The molecule has 0 aromatic rings. The number of amides is 1. The molecule has 0 aliphatic heterocycles. The topological polar surface area (TPSA) is 114 Å². The minimum atomic E-state index is -4.71. The van der Waals surface area contributed by atoms with Gasteiger partial charge in [-0.05, 0) is 109 Å². The molecule has 0 heterocycles. The zero-order chi connectivity index (χ0) is 55.0. The molecule has 10 heteroatoms. The first-order valence-electron chi connectivity index (χ1n) is 30.5. The third-order valence-corrected chi connectivity index (χ3v) is 14.0. The molecule has 3 unspecified atom stereocenters. The number of carbonyl (C=O) groups excluding carboxylic acids is 2. The quantitative estimate of drug-likeness (QED) is 0.0212. The molecule has 432 valence electrons. The Balaban J connectivity index is 5.33. The van der Waals surface area contributed by atoms with Gasteiger partial charge in [-0.3, -0.25) is 14.2 Å². The Hall–Kier alpha value is -3.07. The van der Waals surface area contributed by atoms with Gasteiger partial charge in [0.25, 0.3) is 7.82 Å². The van der Waals surface area contributed by atoms with Gasteiger partial charge in [0.05, 0.1) is 33.8 Å². The molecule has 9 nitrogen and oxygen atoms in total. The van der Waals surface area contributed by atoms with E-state index in [0.717, 1.165) is 103 Å². The summed E-state index contributed by atoms with van der Waals surface area (Å²) in [7, 11) is 1.14. The van der Waals surface area contributed by atoms with Crippen LogP contribution in [0.2, 0.25) is 0 Å². The summed E-state index contributed by atoms with van der Waals surface area (Å²) in [4.78, 5) is 39.9. The summed E-state index contributed by atoms with van der Waals surface area (Å²) in [6.45, 7) is 6.67. The number of phosphoric acid groups is 1. The van der Waals surface area contributed by atoms with Crippen molar-refractivity contribution in [2.45, 2.75) is 264 Å². The van der Waals surface area contributed by atoms with Crippen molar-refractivity contribution in [1.29, 1.82) is 0 Å². The second-order valence-corrected chi connectivity index (χ2v) is 22.9. The van der Waals surface area contributed by atoms with Gasteiger partial charge in [-0.1, -0.05) is 227 Å². The number of likely N-dealkylation sites (N-methyl/N-ethyl adjacent to an activating group) is 1. The molecule has 3 atom stereocenters. The average Bonchev–Trinajstić information content (AvgIpc) is 3.37. The smallest absolute Gasteiger partial charge is 0.306 e. The standard InChI is InChI=1S/C65H115N2O7P/c1-7-10-13-16-19-22-25-27-29-31-32-33-34-36-37-39-42-45-48-51-54-57-64(68)66-62(61-73-75(70,71)72-60-59-67(4,5)6)63(56-53-50-47-44-41-24-21-18-15-12-9-3)74-65(69)58-55-52-49-46-43-40-38-35-30-28-26-23-20-17-14-11-8-2/h10,13,19,22,27-30,32-33,36-37,42,45,53,56,62-63H,7-9,11-12,14-18,20-21,23-26,31,34-35,38-41,43-44,46-52,54-55,57-61H2,1-6H3,(H-,66,68,70,71)/b13-10-,22-19-,29-27-,30-28+,33-32-,37-36-,45-42-,56-53-. The fourth-order valence-corrected chi connectivity index (χ4v) is 9.01. The van der Waals surface area contributed by atoms with Crippen LogP contribution in [0, 0.1) is 0 Å². The van der Waals surface area contributed by atoms with Gasteiger partial charge in [0.1, 0.15) is 19.3 Å². The summed E-state index contributed by atoms with van der Waals surface area (Å²) in [5.74, 6) is -0.601. The Labute approximate surface area is 462 Å². The van der Waals surface area contributed by atoms with E-state index < -0.39 is 26.6 Å². The van der Waals surface area contributed by atoms with Crippen LogP contribution in [-0.4, -0.2) is 69.4 Å². The lowest BCUT2D eigenvalue weighted by molar-refractivity contribution is -0.870. The highest BCUT2D eigenvalue weighted by Gasteiger charge is 2.27. The summed E-state index contributed by atoms with van der Waals surface area (Å²) in [6, 6.07) is -0.918. The number of nitrogens with one attached hydrogen (secondary N) is 1. The predicted octanol–water partition coefficient (Wildman–Crippen LogP) is 18.1. The van der Waals surface area contributed by atoms with E-state index in [4.69, 9.17) is 13.8 Å². The van der Waals surface area contributed by atoms with Crippen LogP contribution in [0.1, 0.15) is 252 Å². The number of ether oxygens (including phenoxy) is 1. The molecule has 0 radical (unpaired) electrons. The van der Waals surface area contributed by atoms with Crippen molar-refractivity contribution in [2.75, 3.05) is 40.9 Å². The van der Waals surface area contributed by atoms with Crippen molar-refractivity contribution >= 4 is 19.7 Å². The van der Waals surface area contributed by atoms with Crippen molar-refractivity contribution in [1.82, 2.24) is 5.32 Å². The van der Waals surface area contributed by atoms with E-state index in [2.05, 4.69) is 111 Å². The molecule has 0 aromatic carbocycles. The number of allylic oxidation sites excluding steroid dienone is 15. The molecular weight excluding hydrogens is 952 g/mol. The summed E-state index contributed by atoms with van der Waals surface area (Å²) in [6.07, 6.45) is 72.3. The molecule has 0 saturated carbocycles. The third-order valence-electron chi connectivity index (χ3n) is 13.0. The first-order chi connectivity index (χ1) is 36.4. The molecule has 75 heavy (non-hydrogen) atoms. The van der Waals surface area contributed by atoms with Gasteiger partial charge in [0.15, 0.2) is 0 Å². The van der Waals surface area contributed by atoms with Crippen molar-refractivity contribution in [2.24, 2.45) is 0 Å². The third kappa shape index (κ3) is 55.5. The highest BCUT2D eigenvalue weighted by molar-refractivity contribution is 7.45. The molecule has 0 rings (SSSR count). The molecule has 0 bridgehead atoms. The lowest BCUT2D eigenvalue weighted by Crippen LogP contribution is -2.47. The van der Waals surface area contributed by atoms with Crippen LogP contribution in [0.4, 0.5) is 0 Å². The fraction of sp³-hybridized carbons (Fsp3) is 0.723. The molecule has 0 spiro atoms. The number of esters is 1. The Morgan fingerprint density at radius 3 is 1.31 bits per heavy atom. The molecule has 1 N–H and O–H groups in total. The zero-order valence-corrected chi connectivity index (χ0v) is 50.1. The second-order valence-electron chi connectivity index (χ2n) is 21.5. The molecule has 0 aliphatic carbocycles. The summed E-state index contributed by atoms with van der Waals surface area (Å²) >= 11 is 0. The van der Waals surface area contributed by atoms with Gasteiger partial charge < -0.3 is 28.5 Å². The monoisotopic (exact) mass is 1070 g/mol. The molecule has 0 aliphatic rings. The van der Waals surface area contributed by atoms with Crippen molar-refractivity contribution in [3.8, 4) is 0 Å². The molecular formula is C65H115N2O7P. The highest BCUT2D eigenvalue weighted by Crippen LogP contribution is 2.38. The van der Waals surface area contributed by atoms with E-state index in [9.17, 15) is 19.0 Å². The van der Waals surface area contributed by atoms with Crippen LogP contribution in [0.25, 0.3) is 0 Å². The number of quaternary nitrogens is 1. The minimum Gasteiger partial charge on any atom is -0.756 e. The Morgan fingerprint density at radius 2 is 0.853 bits per heavy atom. The normalized spacial score (nSPS) is 14.4. The van der Waals surface area contributed by atoms with E-state index in [1.54, 1.807) is 0 Å². The number of unbranched alkanes of at least 4 members (excludes halogenated alkanes) is 24. The maximum atomic E-state index is 13.5. The highest BCUT2D eigenvalue weighted by atomic mass is 31.2. The first kappa shape index (κ1) is 71.9. The number of rotatable bonds is 54. The molecule has 0 aromatic heterocycles. The maximum Gasteiger partial charge on any atom is 0.306 e. The number of phosphoric ester groups is 1. The van der Waals surface area contributed by atoms with Gasteiger partial charge in [0, 0.05) is 12.8 Å². The number of hydrogen-bond donors (Lipinski definition) is 1. The summed E-state index contributed by atoms with van der Waals surface area (Å²) < 4.78 is 30.2. The van der Waals surface area contributed by atoms with Crippen LogP contribution in [0.5, 0.6) is 0 Å². The van der Waals surface area contributed by atoms with Gasteiger partial charge in [-0.25, -0.2) is 0 Å². The Bertz CT molecular complexity index is 1610. The molecule has 0 saturated heterocycles. The minimum absolute atomic E-state index is 0.0359. The second kappa shape index (κ2) is 54.3. The van der Waals surface area contributed by atoms with Crippen LogP contribution in [-0.2, 0) is 27.9 Å². The lowest BCUT2D eigenvalue weighted by Gasteiger charge is -2.30. The predicted molar refractivity (Wildman–Crippen MR) is 321 cm³/mol. The number of carbonyl (C=O) groups is 2. The van der Waals surface area contributed by atoms with Gasteiger partial charge in [-0.2, -0.15) is 0 Å². The van der Waals surface area contributed by atoms with Crippen molar-refractivity contribution in [3.63, 3.8) is 0 Å². The van der Waals surface area contributed by atoms with Crippen LogP contribution in [0.15, 0.2) is 97.2 Å². The van der Waals surface area contributed by atoms with Crippen LogP contribution >= 0.6 is 7.82 Å². The average molecular weight is 1070 g/mol. The van der Waals surface area contributed by atoms with Gasteiger partial charge in [-0.15, -0.1) is 0 Å². The van der Waals surface area contributed by atoms with Crippen molar-refractivity contribution < 1.29 is 37.3 Å². The lowest BCUT2D eigenvalue weighted by atomic mass is 10.1. The number of hydrogen-bond acceptors (Lipinski definition) is 7. The van der Waals surface area contributed by atoms with Crippen LogP contribution < -0.4 is 10.2 Å². The largest absolute Gasteiger partial charge is 0.756 e. The Kier molecular flexibility index (Phi) is 52.1. The summed E-state index contributed by atoms with van der Waals surface area (Å²) in [5.41, 5.74) is 0. The maximum absolute atomic E-state index is 13.5. The fourth-order valence-electron chi connectivity index (χ4n) is 8.28. The van der Waals surface area contributed by atoms with Crippen LogP contribution in [0.3, 0.4) is 0 Å². The SMILES string of the molecule is CC/C=C\C/C=C\C/C=C\C/C=C\C/C=C\C/C=C\CCCCC(=O)NC(COP(=O)([O-])OCC[N+](C)(C)C)C(/C=C\CCCCCCCCCCC)OC(=O)CCCCCCCCC/C=C/CCCCCCCC. The van der Waals surface area contributed by atoms with E-state index in [0.29, 0.717) is 17.4 Å². The van der Waals surface area contributed by atoms with E-state index in [-0.39, 0.29) is 31.3 Å². The zero-order valence-electron chi connectivity index (χ0n) is 49.2. The molecule has 0 fully saturated rings. The van der Waals surface area contributed by atoms with E-state index in [1.807, 2.05) is 33.3 Å². The van der Waals surface area contributed by atoms with Gasteiger partial charge in [0.2, 0.25) is 5.91 Å². The molecule has 1 amide bonds. The van der Waals surface area contributed by atoms with E-state index >= 15 is 0 Å². The number of nitrogens with zero attached hydrogens (tertiary/aromatic N) is 1. The van der Waals surface area contributed by atoms with Crippen molar-refractivity contribution in [3.05, 3.63) is 97.2 Å². The van der Waals surface area contributed by atoms with E-state index in [1.165, 1.54) is 109 Å². The first-order valence-corrected chi connectivity index (χ1v) is 32.0.